The van der Waals surface area contributed by atoms with E-state index in [0.717, 1.165) is 22.2 Å². The number of ether oxygens (including phenoxy) is 1. The maximum atomic E-state index is 12.3. The van der Waals surface area contributed by atoms with Gasteiger partial charge in [0.25, 0.3) is 0 Å². The number of carbonyl (C=O) groups excluding carboxylic acids is 1. The van der Waals surface area contributed by atoms with Crippen molar-refractivity contribution < 1.29 is 9.53 Å². The summed E-state index contributed by atoms with van der Waals surface area (Å²) in [7, 11) is 1.91. The fraction of sp³-hybridized carbons (Fsp3) is 0.190. The Morgan fingerprint density at radius 2 is 1.68 bits per heavy atom. The first-order valence-corrected chi connectivity index (χ1v) is 8.36. The van der Waals surface area contributed by atoms with Crippen LogP contribution < -0.4 is 10.1 Å². The number of benzene rings is 3. The summed E-state index contributed by atoms with van der Waals surface area (Å²) in [6, 6.07) is 23.6. The summed E-state index contributed by atoms with van der Waals surface area (Å²) in [6.07, 6.45) is 0. The maximum Gasteiger partial charge on any atom is 0.238 e. The molecule has 0 saturated carbocycles. The molecule has 0 aliphatic rings. The number of para-hydroxylation sites is 1. The summed E-state index contributed by atoms with van der Waals surface area (Å²) >= 11 is 0. The molecule has 0 heterocycles. The van der Waals surface area contributed by atoms with E-state index in [-0.39, 0.29) is 5.91 Å². The molecule has 0 bridgehead atoms. The minimum Gasteiger partial charge on any atom is -0.492 e. The van der Waals surface area contributed by atoms with Crippen LogP contribution in [-0.4, -0.2) is 37.6 Å². The van der Waals surface area contributed by atoms with Crippen molar-refractivity contribution in [1.29, 1.82) is 0 Å². The summed E-state index contributed by atoms with van der Waals surface area (Å²) in [6.45, 7) is 1.54. The van der Waals surface area contributed by atoms with Gasteiger partial charge in [0.1, 0.15) is 12.4 Å². The molecule has 1 amide bonds. The van der Waals surface area contributed by atoms with Gasteiger partial charge in [0, 0.05) is 17.6 Å². The molecule has 0 radical (unpaired) electrons. The molecule has 0 atom stereocenters. The predicted octanol–water partition coefficient (Wildman–Crippen LogP) is 3.79. The first kappa shape index (κ1) is 17.0. The van der Waals surface area contributed by atoms with Crippen molar-refractivity contribution in [2.75, 3.05) is 32.1 Å². The molecule has 0 fully saturated rings. The Hall–Kier alpha value is -2.85. The fourth-order valence-corrected chi connectivity index (χ4v) is 2.68. The Morgan fingerprint density at radius 3 is 2.52 bits per heavy atom. The molecule has 0 aliphatic heterocycles. The van der Waals surface area contributed by atoms with Crippen molar-refractivity contribution in [3.8, 4) is 5.75 Å². The lowest BCUT2D eigenvalue weighted by Gasteiger charge is -2.17. The third kappa shape index (κ3) is 4.81. The number of nitrogens with zero attached hydrogens (tertiary/aromatic N) is 1. The van der Waals surface area contributed by atoms with E-state index in [0.29, 0.717) is 19.7 Å². The second-order valence-electron chi connectivity index (χ2n) is 5.97. The number of carbonyl (C=O) groups is 1. The molecule has 0 spiro atoms. The topological polar surface area (TPSA) is 41.6 Å². The minimum atomic E-state index is -0.0291. The number of hydrogen-bond acceptors (Lipinski definition) is 3. The highest BCUT2D eigenvalue weighted by atomic mass is 16.5. The van der Waals surface area contributed by atoms with Gasteiger partial charge >= 0.3 is 0 Å². The van der Waals surface area contributed by atoms with Gasteiger partial charge in [-0.25, -0.2) is 0 Å². The quantitative estimate of drug-likeness (QED) is 0.715. The molecule has 3 aromatic rings. The smallest absolute Gasteiger partial charge is 0.238 e. The van der Waals surface area contributed by atoms with E-state index in [1.54, 1.807) is 0 Å². The zero-order chi connectivity index (χ0) is 17.5. The largest absolute Gasteiger partial charge is 0.492 e. The van der Waals surface area contributed by atoms with Gasteiger partial charge in [-0.15, -0.1) is 0 Å². The highest BCUT2D eigenvalue weighted by Crippen LogP contribution is 2.22. The number of nitrogens with one attached hydrogen (secondary N) is 1. The van der Waals surface area contributed by atoms with Gasteiger partial charge in [0.05, 0.1) is 6.54 Å². The molecule has 3 aromatic carbocycles. The van der Waals surface area contributed by atoms with Gasteiger partial charge in [-0.3, -0.25) is 9.69 Å². The highest BCUT2D eigenvalue weighted by Gasteiger charge is 2.09. The zero-order valence-electron chi connectivity index (χ0n) is 14.3. The SMILES string of the molecule is CN(CCOc1ccccc1)CC(=O)Nc1cccc2ccccc12. The summed E-state index contributed by atoms with van der Waals surface area (Å²) in [5.41, 5.74) is 0.844. The molecule has 0 aliphatic carbocycles. The van der Waals surface area contributed by atoms with Crippen LogP contribution >= 0.6 is 0 Å². The molecule has 25 heavy (non-hydrogen) atoms. The number of rotatable bonds is 7. The van der Waals surface area contributed by atoms with Crippen LogP contribution in [0.25, 0.3) is 10.8 Å². The Bertz CT molecular complexity index is 828. The van der Waals surface area contributed by atoms with Crippen LogP contribution in [0.3, 0.4) is 0 Å². The van der Waals surface area contributed by atoms with E-state index in [2.05, 4.69) is 5.32 Å². The molecule has 1 N–H and O–H groups in total. The number of likely N-dealkylation sites (N-methyl/N-ethyl adjacent to an activating group) is 1. The van der Waals surface area contributed by atoms with Crippen LogP contribution in [0.5, 0.6) is 5.75 Å². The molecule has 0 unspecified atom stereocenters. The van der Waals surface area contributed by atoms with Gasteiger partial charge < -0.3 is 10.1 Å². The van der Waals surface area contributed by atoms with Crippen LogP contribution in [0.2, 0.25) is 0 Å². The van der Waals surface area contributed by atoms with Crippen molar-refractivity contribution in [2.24, 2.45) is 0 Å². The van der Waals surface area contributed by atoms with Crippen molar-refractivity contribution in [3.63, 3.8) is 0 Å². The van der Waals surface area contributed by atoms with Crippen molar-refractivity contribution in [3.05, 3.63) is 72.8 Å². The van der Waals surface area contributed by atoms with E-state index in [1.165, 1.54) is 0 Å². The molecule has 3 rings (SSSR count). The maximum absolute atomic E-state index is 12.3. The third-order valence-corrected chi connectivity index (χ3v) is 3.96. The summed E-state index contributed by atoms with van der Waals surface area (Å²) in [4.78, 5) is 14.3. The predicted molar refractivity (Wildman–Crippen MR) is 102 cm³/mol. The van der Waals surface area contributed by atoms with Crippen LogP contribution in [0.4, 0.5) is 5.69 Å². The highest BCUT2D eigenvalue weighted by molar-refractivity contribution is 6.02. The average Bonchev–Trinajstić information content (AvgIpc) is 2.63. The van der Waals surface area contributed by atoms with Crippen LogP contribution in [0, 0.1) is 0 Å². The number of hydrogen-bond donors (Lipinski definition) is 1. The van der Waals surface area contributed by atoms with Gasteiger partial charge in [0.15, 0.2) is 0 Å². The second kappa shape index (κ2) is 8.31. The lowest BCUT2D eigenvalue weighted by atomic mass is 10.1. The molecule has 0 aromatic heterocycles. The Kier molecular flexibility index (Phi) is 5.65. The van der Waals surface area contributed by atoms with E-state index in [9.17, 15) is 4.79 Å². The molecular weight excluding hydrogens is 312 g/mol. The first-order valence-electron chi connectivity index (χ1n) is 8.36. The summed E-state index contributed by atoms with van der Waals surface area (Å²) in [5, 5.41) is 5.17. The lowest BCUT2D eigenvalue weighted by molar-refractivity contribution is -0.117. The Balaban J connectivity index is 1.50. The van der Waals surface area contributed by atoms with E-state index < -0.39 is 0 Å². The number of anilines is 1. The van der Waals surface area contributed by atoms with Gasteiger partial charge in [-0.05, 0) is 30.6 Å². The van der Waals surface area contributed by atoms with Crippen LogP contribution in [-0.2, 0) is 4.79 Å². The fourth-order valence-electron chi connectivity index (χ4n) is 2.68. The third-order valence-electron chi connectivity index (χ3n) is 3.96. The van der Waals surface area contributed by atoms with Gasteiger partial charge in [-0.1, -0.05) is 54.6 Å². The first-order chi connectivity index (χ1) is 12.2. The molecule has 4 nitrogen and oxygen atoms in total. The lowest BCUT2D eigenvalue weighted by Crippen LogP contribution is -2.33. The summed E-state index contributed by atoms with van der Waals surface area (Å²) < 4.78 is 5.66. The standard InChI is InChI=1S/C21H22N2O2/c1-23(14-15-25-18-10-3-2-4-11-18)16-21(24)22-20-13-7-9-17-8-5-6-12-19(17)20/h2-13H,14-16H2,1H3,(H,22,24). The normalized spacial score (nSPS) is 10.8. The van der Waals surface area contributed by atoms with E-state index in [4.69, 9.17) is 4.74 Å². The van der Waals surface area contributed by atoms with Gasteiger partial charge in [0.2, 0.25) is 5.91 Å². The molecular formula is C21H22N2O2. The summed E-state index contributed by atoms with van der Waals surface area (Å²) in [5.74, 6) is 0.815. The van der Waals surface area contributed by atoms with Crippen molar-refractivity contribution in [2.45, 2.75) is 0 Å². The Labute approximate surface area is 148 Å². The van der Waals surface area contributed by atoms with Crippen molar-refractivity contribution in [1.82, 2.24) is 4.90 Å². The number of amides is 1. The Morgan fingerprint density at radius 1 is 0.960 bits per heavy atom. The molecule has 128 valence electrons. The molecule has 4 heteroatoms. The monoisotopic (exact) mass is 334 g/mol. The van der Waals surface area contributed by atoms with Crippen LogP contribution in [0.1, 0.15) is 0 Å². The zero-order valence-corrected chi connectivity index (χ0v) is 14.3. The molecule has 0 saturated heterocycles. The average molecular weight is 334 g/mol. The van der Waals surface area contributed by atoms with Gasteiger partial charge in [-0.2, -0.15) is 0 Å². The van der Waals surface area contributed by atoms with Crippen LogP contribution in [0.15, 0.2) is 72.8 Å². The van der Waals surface area contributed by atoms with Crippen molar-refractivity contribution >= 4 is 22.4 Å². The second-order valence-corrected chi connectivity index (χ2v) is 5.97. The number of fused-ring (bicyclic) bond motifs is 1. The van der Waals surface area contributed by atoms with E-state index >= 15 is 0 Å². The van der Waals surface area contributed by atoms with E-state index in [1.807, 2.05) is 84.7 Å². The minimum absolute atomic E-state index is 0.0291.